The highest BCUT2D eigenvalue weighted by Gasteiger charge is 2.22. The van der Waals surface area contributed by atoms with Crippen LogP contribution < -0.4 is 5.56 Å². The van der Waals surface area contributed by atoms with Crippen molar-refractivity contribution in [3.05, 3.63) is 153 Å². The summed E-state index contributed by atoms with van der Waals surface area (Å²) >= 11 is 7.85. The molecular weight excluding hydrogens is 611 g/mol. The van der Waals surface area contributed by atoms with Crippen molar-refractivity contribution in [1.29, 1.82) is 0 Å². The van der Waals surface area contributed by atoms with Crippen LogP contribution in [-0.4, -0.2) is 24.6 Å². The predicted molar refractivity (Wildman–Crippen MR) is 183 cm³/mol. The lowest BCUT2D eigenvalue weighted by Crippen LogP contribution is -2.17. The third kappa shape index (κ3) is 5.70. The van der Waals surface area contributed by atoms with Gasteiger partial charge in [0.15, 0.2) is 0 Å². The normalized spacial score (nSPS) is 11.5. The van der Waals surface area contributed by atoms with Crippen LogP contribution in [0.5, 0.6) is 0 Å². The Morgan fingerprint density at radius 3 is 2.18 bits per heavy atom. The summed E-state index contributed by atoms with van der Waals surface area (Å²) in [6.45, 7) is 0. The van der Waals surface area contributed by atoms with Gasteiger partial charge in [-0.05, 0) is 35.4 Å². The number of hydrogen-bond donors (Lipinski definition) is 0. The number of hydrogen-bond acceptors (Lipinski definition) is 4. The Labute approximate surface area is 269 Å². The number of benzene rings is 4. The van der Waals surface area contributed by atoms with E-state index < -0.39 is 0 Å². The summed E-state index contributed by atoms with van der Waals surface area (Å²) in [5, 5.41) is 4.50. The van der Waals surface area contributed by atoms with Gasteiger partial charge in [-0.1, -0.05) is 90.5 Å². The van der Waals surface area contributed by atoms with E-state index in [4.69, 9.17) is 21.6 Å². The van der Waals surface area contributed by atoms with Crippen molar-refractivity contribution in [3.8, 4) is 33.2 Å². The first-order valence-electron chi connectivity index (χ1n) is 13.6. The van der Waals surface area contributed by atoms with Crippen LogP contribution in [0.2, 0.25) is 5.02 Å². The molecule has 0 saturated heterocycles. The van der Waals surface area contributed by atoms with Crippen LogP contribution in [0, 0.1) is 0 Å². The molecule has 4 aromatic carbocycles. The second-order valence-corrected chi connectivity index (χ2v) is 11.4. The fraction of sp³-hybridized carbons (Fsp3) is 0.0571. The molecule has 1 atom stereocenters. The summed E-state index contributed by atoms with van der Waals surface area (Å²) in [5.41, 5.74) is 6.70. The monoisotopic (exact) mass is 638 g/mol. The molecule has 0 amide bonds. The van der Waals surface area contributed by atoms with E-state index in [0.29, 0.717) is 5.02 Å². The smallest absolute Gasteiger partial charge is 0.251 e. The van der Waals surface area contributed by atoms with Gasteiger partial charge in [0.25, 0.3) is 5.56 Å². The summed E-state index contributed by atoms with van der Waals surface area (Å²) in [7, 11) is 1.81. The summed E-state index contributed by atoms with van der Waals surface area (Å²) in [6, 6.07) is 36.0. The molecule has 0 aliphatic rings. The second kappa shape index (κ2) is 13.0. The minimum Gasteiger partial charge on any atom is -0.412 e. The maximum atomic E-state index is 13.1. The van der Waals surface area contributed by atoms with Gasteiger partial charge in [0.05, 0.1) is 17.3 Å². The molecule has 0 aliphatic carbocycles. The van der Waals surface area contributed by atoms with E-state index >= 15 is 0 Å². The Morgan fingerprint density at radius 1 is 0.818 bits per heavy atom. The fourth-order valence-electron chi connectivity index (χ4n) is 5.46. The molecule has 44 heavy (non-hydrogen) atoms. The van der Waals surface area contributed by atoms with E-state index in [0.717, 1.165) is 55.2 Å². The Hall–Kier alpha value is -4.53. The van der Waals surface area contributed by atoms with E-state index in [1.165, 1.54) is 0 Å². The van der Waals surface area contributed by atoms with E-state index in [9.17, 15) is 4.79 Å². The topological polar surface area (TPSA) is 84.2 Å². The number of rotatable bonds is 6. The van der Waals surface area contributed by atoms with Crippen LogP contribution >= 0.6 is 35.3 Å². The van der Waals surface area contributed by atoms with Crippen LogP contribution in [-0.2, 0) is 7.05 Å². The average Bonchev–Trinajstić information content (AvgIpc) is 3.72. The lowest BCUT2D eigenvalue weighted by atomic mass is 9.95. The largest absolute Gasteiger partial charge is 0.412 e. The molecule has 0 bridgehead atoms. The summed E-state index contributed by atoms with van der Waals surface area (Å²) in [6.07, 6.45) is 3.85. The molecule has 7 rings (SSSR count). The molecule has 3 aromatic heterocycles. The molecule has 9 heteroatoms. The van der Waals surface area contributed by atoms with Gasteiger partial charge in [0.1, 0.15) is 10.8 Å². The van der Waals surface area contributed by atoms with Crippen molar-refractivity contribution in [3.63, 3.8) is 0 Å². The zero-order chi connectivity index (χ0) is 28.6. The van der Waals surface area contributed by atoms with Crippen molar-refractivity contribution in [2.75, 3.05) is 0 Å². The van der Waals surface area contributed by atoms with Gasteiger partial charge in [0.2, 0.25) is 0 Å². The first-order valence-corrected chi connectivity index (χ1v) is 14.8. The Morgan fingerprint density at radius 2 is 1.48 bits per heavy atom. The maximum absolute atomic E-state index is 13.1. The summed E-state index contributed by atoms with van der Waals surface area (Å²) in [4.78, 5) is 22.8. The summed E-state index contributed by atoms with van der Waals surface area (Å²) in [5.74, 6) is 0.865. The molecule has 0 fully saturated rings. The maximum Gasteiger partial charge on any atom is 0.251 e. The third-order valence-corrected chi connectivity index (χ3v) is 8.68. The second-order valence-electron chi connectivity index (χ2n) is 10.1. The third-order valence-electron chi connectivity index (χ3n) is 7.55. The van der Waals surface area contributed by atoms with E-state index in [-0.39, 0.29) is 29.5 Å². The molecule has 220 valence electrons. The molecule has 0 aliphatic heterocycles. The minimum atomic E-state index is -0.189. The van der Waals surface area contributed by atoms with Crippen molar-refractivity contribution in [2.24, 2.45) is 7.05 Å². The zero-order valence-corrected chi connectivity index (χ0v) is 26.0. The Kier molecular flexibility index (Phi) is 9.13. The first-order chi connectivity index (χ1) is 20.6. The molecular formula is C35H28Cl2N4O2S. The molecule has 6 nitrogen and oxygen atoms in total. The van der Waals surface area contributed by atoms with Gasteiger partial charge >= 0.3 is 0 Å². The molecule has 2 N–H and O–H groups in total. The highest BCUT2D eigenvalue weighted by molar-refractivity contribution is 7.13. The molecule has 0 saturated carbocycles. The van der Waals surface area contributed by atoms with Crippen molar-refractivity contribution in [2.45, 2.75) is 6.04 Å². The SMILES string of the molecule is Cl.Cn1c(=O)cc(-c2nc(-c3ccccc3)cs2)c2cc(C(c3ccc(Cl)cc3)n3ccnc3-c3ccccc3)ccc21.O. The number of aryl methyl sites for hydroxylation is 1. The quantitative estimate of drug-likeness (QED) is 0.184. The van der Waals surface area contributed by atoms with Crippen molar-refractivity contribution >= 4 is 46.2 Å². The number of thiazole rings is 1. The van der Waals surface area contributed by atoms with Gasteiger partial charge < -0.3 is 14.6 Å². The van der Waals surface area contributed by atoms with E-state index in [2.05, 4.69) is 41.0 Å². The number of pyridine rings is 1. The summed E-state index contributed by atoms with van der Waals surface area (Å²) < 4.78 is 3.89. The highest BCUT2D eigenvalue weighted by Crippen LogP contribution is 2.37. The molecule has 0 radical (unpaired) electrons. The van der Waals surface area contributed by atoms with Gasteiger partial charge in [-0.15, -0.1) is 23.7 Å². The predicted octanol–water partition coefficient (Wildman–Crippen LogP) is 8.08. The number of imidazole rings is 1. The van der Waals surface area contributed by atoms with Gasteiger partial charge in [-0.3, -0.25) is 4.79 Å². The van der Waals surface area contributed by atoms with Crippen LogP contribution in [0.15, 0.2) is 132 Å². The van der Waals surface area contributed by atoms with Crippen LogP contribution in [0.3, 0.4) is 0 Å². The first kappa shape index (κ1) is 30.9. The molecule has 3 heterocycles. The Bertz CT molecular complexity index is 2090. The molecule has 1 unspecified atom stereocenters. The van der Waals surface area contributed by atoms with Crippen molar-refractivity contribution in [1.82, 2.24) is 19.1 Å². The molecule has 0 spiro atoms. The average molecular weight is 640 g/mol. The standard InChI is InChI=1S/C35H25ClN4OS.ClH.H2O/c1-39-31-17-14-26(20-28(31)29(21-32(39)41)35-38-30(22-42-35)23-8-4-2-5-9-23)33(24-12-15-27(36)16-13-24)40-19-18-37-34(40)25-10-6-3-7-11-25;;/h2-22,33H,1H3;1H;1H2. The minimum absolute atomic E-state index is 0. The highest BCUT2D eigenvalue weighted by atomic mass is 35.5. The van der Waals surface area contributed by atoms with Crippen molar-refractivity contribution < 1.29 is 5.48 Å². The number of aromatic nitrogens is 4. The van der Waals surface area contributed by atoms with Crippen LogP contribution in [0.4, 0.5) is 0 Å². The van der Waals surface area contributed by atoms with Gasteiger partial charge in [-0.2, -0.15) is 0 Å². The Balaban J connectivity index is 0.00000192. The fourth-order valence-corrected chi connectivity index (χ4v) is 6.44. The lowest BCUT2D eigenvalue weighted by molar-refractivity contribution is 0.685. The van der Waals surface area contributed by atoms with Crippen LogP contribution in [0.1, 0.15) is 17.2 Å². The van der Waals surface area contributed by atoms with E-state index in [1.807, 2.05) is 91.6 Å². The van der Waals surface area contributed by atoms with E-state index in [1.54, 1.807) is 22.0 Å². The number of nitrogens with zero attached hydrogens (tertiary/aromatic N) is 4. The van der Waals surface area contributed by atoms with Crippen LogP contribution in [0.25, 0.3) is 44.1 Å². The van der Waals surface area contributed by atoms with Gasteiger partial charge in [-0.25, -0.2) is 9.97 Å². The van der Waals surface area contributed by atoms with Gasteiger partial charge in [0, 0.05) is 58.0 Å². The zero-order valence-electron chi connectivity index (χ0n) is 23.6. The lowest BCUT2D eigenvalue weighted by Gasteiger charge is -2.23. The number of fused-ring (bicyclic) bond motifs is 1. The molecule has 7 aromatic rings. The number of halogens is 2.